The summed E-state index contributed by atoms with van der Waals surface area (Å²) in [5.41, 5.74) is 1.35. The second-order valence-electron chi connectivity index (χ2n) is 5.71. The summed E-state index contributed by atoms with van der Waals surface area (Å²) in [4.78, 5) is 26.3. The zero-order valence-corrected chi connectivity index (χ0v) is 13.4. The van der Waals surface area contributed by atoms with Crippen molar-refractivity contribution in [3.8, 4) is 0 Å². The van der Waals surface area contributed by atoms with E-state index < -0.39 is 11.8 Å². The van der Waals surface area contributed by atoms with Crippen molar-refractivity contribution >= 4 is 29.1 Å². The van der Waals surface area contributed by atoms with Crippen molar-refractivity contribution in [1.29, 1.82) is 0 Å². The van der Waals surface area contributed by atoms with Crippen LogP contribution < -0.4 is 5.32 Å². The number of nitrogens with one attached hydrogen (secondary N) is 1. The van der Waals surface area contributed by atoms with Gasteiger partial charge in [0.2, 0.25) is 0 Å². The largest absolute Gasteiger partial charge is 0.329 e. The highest BCUT2D eigenvalue weighted by molar-refractivity contribution is 6.40. The first-order valence-electron chi connectivity index (χ1n) is 7.30. The van der Waals surface area contributed by atoms with Crippen LogP contribution in [0.3, 0.4) is 0 Å². The highest BCUT2D eigenvalue weighted by atomic mass is 35.5. The van der Waals surface area contributed by atoms with E-state index in [1.807, 2.05) is 20.8 Å². The van der Waals surface area contributed by atoms with Gasteiger partial charge in [-0.25, -0.2) is 0 Å². The second kappa shape index (κ2) is 6.48. The van der Waals surface area contributed by atoms with Gasteiger partial charge in [0.25, 0.3) is 0 Å². The molecule has 2 amide bonds. The summed E-state index contributed by atoms with van der Waals surface area (Å²) in [5.74, 6) is -1.06. The lowest BCUT2D eigenvalue weighted by molar-refractivity contribution is -0.147. The number of nitrogens with zero attached hydrogens (tertiary/aromatic N) is 1. The summed E-state index contributed by atoms with van der Waals surface area (Å²) in [6, 6.07) is 5.46. The van der Waals surface area contributed by atoms with E-state index in [1.165, 1.54) is 0 Å². The number of benzene rings is 1. The van der Waals surface area contributed by atoms with Gasteiger partial charge in [0, 0.05) is 22.8 Å². The Morgan fingerprint density at radius 2 is 1.86 bits per heavy atom. The molecule has 1 aromatic carbocycles. The molecule has 0 bridgehead atoms. The van der Waals surface area contributed by atoms with Crippen LogP contribution in [0.1, 0.15) is 38.7 Å². The van der Waals surface area contributed by atoms with E-state index in [0.29, 0.717) is 10.7 Å². The fourth-order valence-corrected chi connectivity index (χ4v) is 3.03. The Kier molecular flexibility index (Phi) is 4.88. The van der Waals surface area contributed by atoms with E-state index in [2.05, 4.69) is 5.32 Å². The molecule has 2 rings (SSSR count). The highest BCUT2D eigenvalue weighted by Crippen LogP contribution is 2.25. The standard InChI is InChI=1S/C16H21ClN2O2/c1-10-6-4-7-11(2)19(10)16(21)15(20)18-14-9-5-8-13(17)12(14)3/h5,8-11H,4,6-7H2,1-3H3,(H,18,20). The molecule has 0 aliphatic carbocycles. The van der Waals surface area contributed by atoms with Gasteiger partial charge < -0.3 is 10.2 Å². The number of likely N-dealkylation sites (tertiary alicyclic amines) is 1. The van der Waals surface area contributed by atoms with Crippen molar-refractivity contribution in [3.05, 3.63) is 28.8 Å². The summed E-state index contributed by atoms with van der Waals surface area (Å²) in [6.45, 7) is 5.80. The lowest BCUT2D eigenvalue weighted by Gasteiger charge is -2.38. The number of hydrogen-bond donors (Lipinski definition) is 1. The monoisotopic (exact) mass is 308 g/mol. The molecule has 1 fully saturated rings. The van der Waals surface area contributed by atoms with Crippen LogP contribution in [0.5, 0.6) is 0 Å². The van der Waals surface area contributed by atoms with Gasteiger partial charge in [-0.15, -0.1) is 0 Å². The molecule has 5 heteroatoms. The van der Waals surface area contributed by atoms with Crippen molar-refractivity contribution in [1.82, 2.24) is 4.90 Å². The molecule has 1 saturated heterocycles. The SMILES string of the molecule is Cc1c(Cl)cccc1NC(=O)C(=O)N1C(C)CCCC1C. The molecule has 1 heterocycles. The van der Waals surface area contributed by atoms with Crippen LogP contribution in [0.4, 0.5) is 5.69 Å². The maximum absolute atomic E-state index is 12.4. The number of rotatable bonds is 1. The third-order valence-electron chi connectivity index (χ3n) is 4.14. The first-order valence-corrected chi connectivity index (χ1v) is 7.68. The zero-order valence-electron chi connectivity index (χ0n) is 12.6. The van der Waals surface area contributed by atoms with Crippen LogP contribution >= 0.6 is 11.6 Å². The normalized spacial score (nSPS) is 22.0. The minimum atomic E-state index is -0.596. The maximum Gasteiger partial charge on any atom is 0.313 e. The van der Waals surface area contributed by atoms with Crippen LogP contribution in [0, 0.1) is 6.92 Å². The molecule has 0 radical (unpaired) electrons. The molecule has 2 atom stereocenters. The van der Waals surface area contributed by atoms with Crippen molar-refractivity contribution in [2.45, 2.75) is 52.1 Å². The number of amides is 2. The van der Waals surface area contributed by atoms with E-state index in [4.69, 9.17) is 11.6 Å². The molecule has 1 aliphatic rings. The molecule has 1 aliphatic heterocycles. The number of piperidine rings is 1. The van der Waals surface area contributed by atoms with E-state index in [1.54, 1.807) is 23.1 Å². The van der Waals surface area contributed by atoms with Gasteiger partial charge in [-0.05, 0) is 57.7 Å². The van der Waals surface area contributed by atoms with Crippen LogP contribution in [-0.2, 0) is 9.59 Å². The third kappa shape index (κ3) is 3.38. The predicted molar refractivity (Wildman–Crippen MR) is 84.4 cm³/mol. The van der Waals surface area contributed by atoms with Gasteiger partial charge in [0.1, 0.15) is 0 Å². The van der Waals surface area contributed by atoms with Crippen molar-refractivity contribution in [2.75, 3.05) is 5.32 Å². The summed E-state index contributed by atoms with van der Waals surface area (Å²) in [5, 5.41) is 3.24. The molecule has 0 spiro atoms. The molecule has 0 aromatic heterocycles. The van der Waals surface area contributed by atoms with Gasteiger partial charge >= 0.3 is 11.8 Å². The van der Waals surface area contributed by atoms with E-state index >= 15 is 0 Å². The molecule has 114 valence electrons. The quantitative estimate of drug-likeness (QED) is 0.809. The lowest BCUT2D eigenvalue weighted by atomic mass is 9.97. The summed E-state index contributed by atoms with van der Waals surface area (Å²) in [7, 11) is 0. The first kappa shape index (κ1) is 15.8. The molecule has 21 heavy (non-hydrogen) atoms. The summed E-state index contributed by atoms with van der Waals surface area (Å²) >= 11 is 6.03. The maximum atomic E-state index is 12.4. The van der Waals surface area contributed by atoms with Gasteiger partial charge in [-0.1, -0.05) is 17.7 Å². The Morgan fingerprint density at radius 1 is 1.24 bits per heavy atom. The molecule has 4 nitrogen and oxygen atoms in total. The van der Waals surface area contributed by atoms with Crippen molar-refractivity contribution in [2.24, 2.45) is 0 Å². The number of carbonyl (C=O) groups excluding carboxylic acids is 2. The van der Waals surface area contributed by atoms with E-state index in [9.17, 15) is 9.59 Å². The molecule has 1 N–H and O–H groups in total. The average Bonchev–Trinajstić information content (AvgIpc) is 2.43. The third-order valence-corrected chi connectivity index (χ3v) is 4.55. The summed E-state index contributed by atoms with van der Waals surface area (Å²) in [6.07, 6.45) is 2.99. The second-order valence-corrected chi connectivity index (χ2v) is 6.12. The minimum absolute atomic E-state index is 0.104. The fraction of sp³-hybridized carbons (Fsp3) is 0.500. The molecular formula is C16H21ClN2O2. The number of hydrogen-bond acceptors (Lipinski definition) is 2. The minimum Gasteiger partial charge on any atom is -0.329 e. The predicted octanol–water partition coefficient (Wildman–Crippen LogP) is 3.38. The molecular weight excluding hydrogens is 288 g/mol. The van der Waals surface area contributed by atoms with Crippen LogP contribution in [0.15, 0.2) is 18.2 Å². The summed E-state index contributed by atoms with van der Waals surface area (Å²) < 4.78 is 0. The number of anilines is 1. The first-order chi connectivity index (χ1) is 9.91. The Balaban J connectivity index is 2.12. The number of carbonyl (C=O) groups is 2. The Bertz CT molecular complexity index is 549. The lowest BCUT2D eigenvalue weighted by Crippen LogP contribution is -2.51. The van der Waals surface area contributed by atoms with Crippen LogP contribution in [0.2, 0.25) is 5.02 Å². The van der Waals surface area contributed by atoms with Gasteiger partial charge in [0.15, 0.2) is 0 Å². The van der Waals surface area contributed by atoms with Crippen LogP contribution in [-0.4, -0.2) is 28.8 Å². The smallest absolute Gasteiger partial charge is 0.313 e. The Hall–Kier alpha value is -1.55. The number of halogens is 1. The zero-order chi connectivity index (χ0) is 15.6. The van der Waals surface area contributed by atoms with Crippen LogP contribution in [0.25, 0.3) is 0 Å². The van der Waals surface area contributed by atoms with E-state index in [-0.39, 0.29) is 12.1 Å². The molecule has 2 unspecified atom stereocenters. The van der Waals surface area contributed by atoms with Gasteiger partial charge in [-0.3, -0.25) is 9.59 Å². The molecule has 0 saturated carbocycles. The van der Waals surface area contributed by atoms with Crippen molar-refractivity contribution in [3.63, 3.8) is 0 Å². The highest BCUT2D eigenvalue weighted by Gasteiger charge is 2.32. The average molecular weight is 309 g/mol. The van der Waals surface area contributed by atoms with Crippen molar-refractivity contribution < 1.29 is 9.59 Å². The van der Waals surface area contributed by atoms with E-state index in [0.717, 1.165) is 24.8 Å². The van der Waals surface area contributed by atoms with Gasteiger partial charge in [0.05, 0.1) is 0 Å². The van der Waals surface area contributed by atoms with Gasteiger partial charge in [-0.2, -0.15) is 0 Å². The topological polar surface area (TPSA) is 49.4 Å². The fourth-order valence-electron chi connectivity index (χ4n) is 2.86. The Morgan fingerprint density at radius 3 is 2.48 bits per heavy atom. The molecule has 1 aromatic rings. The Labute approximate surface area is 130 Å².